The van der Waals surface area contributed by atoms with Crippen molar-refractivity contribution in [1.29, 1.82) is 0 Å². The first-order chi connectivity index (χ1) is 13.2. The molecule has 0 amide bonds. The lowest BCUT2D eigenvalue weighted by atomic mass is 10.2. The van der Waals surface area contributed by atoms with Crippen molar-refractivity contribution in [2.45, 2.75) is 38.1 Å². The summed E-state index contributed by atoms with van der Waals surface area (Å²) in [5.74, 6) is 1.16. The van der Waals surface area contributed by atoms with Gasteiger partial charge >= 0.3 is 0 Å². The Balaban J connectivity index is 1.73. The summed E-state index contributed by atoms with van der Waals surface area (Å²) in [5, 5.41) is 14.9. The number of aromatic nitrogens is 2. The van der Waals surface area contributed by atoms with Gasteiger partial charge < -0.3 is 4.52 Å². The molecule has 1 atom stereocenters. The van der Waals surface area contributed by atoms with Crippen LogP contribution in [0.15, 0.2) is 27.6 Å². The van der Waals surface area contributed by atoms with Crippen molar-refractivity contribution < 1.29 is 17.9 Å². The molecular formula is C17H23N5O5S. The van der Waals surface area contributed by atoms with E-state index in [9.17, 15) is 18.5 Å². The second-order valence-corrected chi connectivity index (χ2v) is 8.63. The van der Waals surface area contributed by atoms with Gasteiger partial charge in [-0.15, -0.1) is 0 Å². The molecule has 1 aromatic carbocycles. The van der Waals surface area contributed by atoms with Gasteiger partial charge in [-0.1, -0.05) is 18.1 Å². The highest BCUT2D eigenvalue weighted by Crippen LogP contribution is 2.27. The van der Waals surface area contributed by atoms with E-state index in [1.54, 1.807) is 6.92 Å². The van der Waals surface area contributed by atoms with Gasteiger partial charge in [0.05, 0.1) is 15.9 Å². The smallest absolute Gasteiger partial charge is 0.270 e. The monoisotopic (exact) mass is 409 g/mol. The molecule has 1 unspecified atom stereocenters. The van der Waals surface area contributed by atoms with Crippen molar-refractivity contribution in [2.75, 3.05) is 26.2 Å². The predicted molar refractivity (Wildman–Crippen MR) is 100 cm³/mol. The van der Waals surface area contributed by atoms with Crippen molar-refractivity contribution in [3.8, 4) is 0 Å². The Morgan fingerprint density at radius 3 is 2.54 bits per heavy atom. The van der Waals surface area contributed by atoms with Crippen LogP contribution in [0.1, 0.15) is 37.2 Å². The summed E-state index contributed by atoms with van der Waals surface area (Å²) in [6.45, 7) is 7.08. The first-order valence-corrected chi connectivity index (χ1v) is 10.5. The largest absolute Gasteiger partial charge is 0.338 e. The van der Waals surface area contributed by atoms with Gasteiger partial charge in [0.2, 0.25) is 15.9 Å². The number of nitro groups is 1. The highest BCUT2D eigenvalue weighted by atomic mass is 32.2. The number of sulfonamides is 1. The van der Waals surface area contributed by atoms with E-state index in [-0.39, 0.29) is 29.7 Å². The molecule has 0 N–H and O–H groups in total. The maximum absolute atomic E-state index is 13.0. The molecule has 2 aromatic rings. The summed E-state index contributed by atoms with van der Waals surface area (Å²) in [4.78, 5) is 16.8. The van der Waals surface area contributed by atoms with Gasteiger partial charge in [0.15, 0.2) is 5.82 Å². The number of non-ortho nitro benzene ring substituents is 1. The quantitative estimate of drug-likeness (QED) is 0.524. The zero-order valence-corrected chi connectivity index (χ0v) is 16.8. The van der Waals surface area contributed by atoms with E-state index >= 15 is 0 Å². The van der Waals surface area contributed by atoms with Gasteiger partial charge in [0.25, 0.3) is 5.69 Å². The number of hydrogen-bond donors (Lipinski definition) is 0. The van der Waals surface area contributed by atoms with Crippen molar-refractivity contribution >= 4 is 15.7 Å². The number of benzene rings is 1. The van der Waals surface area contributed by atoms with Gasteiger partial charge in [0, 0.05) is 44.7 Å². The van der Waals surface area contributed by atoms with Gasteiger partial charge in [-0.2, -0.15) is 9.29 Å². The second kappa shape index (κ2) is 7.94. The molecule has 10 nitrogen and oxygen atoms in total. The number of rotatable bonds is 6. The van der Waals surface area contributed by atoms with Crippen LogP contribution in [0.5, 0.6) is 0 Å². The number of hydrogen-bond acceptors (Lipinski definition) is 8. The molecule has 1 aliphatic rings. The Bertz CT molecular complexity index is 966. The normalized spacial score (nSPS) is 17.5. The fraction of sp³-hybridized carbons (Fsp3) is 0.529. The lowest BCUT2D eigenvalue weighted by molar-refractivity contribution is -0.385. The molecule has 0 saturated carbocycles. The SMILES string of the molecule is CCc1noc(C(C)N2CCN(S(=O)(=O)c3cc([N+](=O)[O-])ccc3C)CC2)n1. The summed E-state index contributed by atoms with van der Waals surface area (Å²) in [6, 6.07) is 3.79. The van der Waals surface area contributed by atoms with E-state index in [2.05, 4.69) is 15.0 Å². The topological polar surface area (TPSA) is 123 Å². The zero-order valence-electron chi connectivity index (χ0n) is 16.0. The summed E-state index contributed by atoms with van der Waals surface area (Å²) in [6.07, 6.45) is 0.685. The Morgan fingerprint density at radius 1 is 1.29 bits per heavy atom. The average Bonchev–Trinajstić information content (AvgIpc) is 3.16. The molecule has 3 rings (SSSR count). The van der Waals surface area contributed by atoms with Crippen LogP contribution in [0.4, 0.5) is 5.69 Å². The van der Waals surface area contributed by atoms with E-state index in [4.69, 9.17) is 4.52 Å². The fourth-order valence-electron chi connectivity index (χ4n) is 3.19. The molecule has 1 saturated heterocycles. The molecule has 0 aliphatic carbocycles. The Morgan fingerprint density at radius 2 is 1.96 bits per heavy atom. The minimum Gasteiger partial charge on any atom is -0.338 e. The molecule has 0 radical (unpaired) electrons. The third-order valence-electron chi connectivity index (χ3n) is 4.98. The van der Waals surface area contributed by atoms with Gasteiger partial charge in [-0.25, -0.2) is 8.42 Å². The maximum Gasteiger partial charge on any atom is 0.270 e. The molecule has 1 fully saturated rings. The molecular weight excluding hydrogens is 386 g/mol. The van der Waals surface area contributed by atoms with Crippen molar-refractivity contribution in [1.82, 2.24) is 19.3 Å². The number of aryl methyl sites for hydroxylation is 2. The van der Waals surface area contributed by atoms with E-state index < -0.39 is 14.9 Å². The first kappa shape index (κ1) is 20.4. The third-order valence-corrected chi connectivity index (χ3v) is 7.02. The molecule has 28 heavy (non-hydrogen) atoms. The van der Waals surface area contributed by atoms with Crippen LogP contribution in [-0.4, -0.2) is 58.9 Å². The van der Waals surface area contributed by atoms with Crippen LogP contribution in [0.2, 0.25) is 0 Å². The number of piperazine rings is 1. The van der Waals surface area contributed by atoms with Crippen LogP contribution >= 0.6 is 0 Å². The molecule has 1 aromatic heterocycles. The molecule has 0 bridgehead atoms. The van der Waals surface area contributed by atoms with E-state index in [0.29, 0.717) is 36.8 Å². The van der Waals surface area contributed by atoms with Gasteiger partial charge in [-0.3, -0.25) is 15.0 Å². The highest BCUT2D eigenvalue weighted by molar-refractivity contribution is 7.89. The second-order valence-electron chi connectivity index (χ2n) is 6.73. The average molecular weight is 409 g/mol. The molecule has 2 heterocycles. The Kier molecular flexibility index (Phi) is 5.77. The van der Waals surface area contributed by atoms with E-state index in [0.717, 1.165) is 6.07 Å². The molecule has 152 valence electrons. The van der Waals surface area contributed by atoms with Crippen LogP contribution < -0.4 is 0 Å². The van der Waals surface area contributed by atoms with Gasteiger partial charge in [0.1, 0.15) is 0 Å². The van der Waals surface area contributed by atoms with E-state index in [1.807, 2.05) is 13.8 Å². The summed E-state index contributed by atoms with van der Waals surface area (Å²) >= 11 is 0. The maximum atomic E-state index is 13.0. The standard InChI is InChI=1S/C17H23N5O5S/c1-4-16-18-17(27-19-16)13(3)20-7-9-21(10-8-20)28(25,26)15-11-14(22(23)24)6-5-12(15)2/h5-6,11,13H,4,7-10H2,1-3H3. The first-order valence-electron chi connectivity index (χ1n) is 9.05. The summed E-state index contributed by atoms with van der Waals surface area (Å²) in [7, 11) is -3.81. The fourth-order valence-corrected chi connectivity index (χ4v) is 4.85. The Labute approximate surface area is 163 Å². The molecule has 11 heteroatoms. The molecule has 0 spiro atoms. The predicted octanol–water partition coefficient (Wildman–Crippen LogP) is 1.92. The minimum atomic E-state index is -3.81. The lowest BCUT2D eigenvalue weighted by Gasteiger charge is -2.36. The van der Waals surface area contributed by atoms with Crippen molar-refractivity contribution in [2.24, 2.45) is 0 Å². The zero-order chi connectivity index (χ0) is 20.5. The Hall–Kier alpha value is -2.37. The van der Waals surface area contributed by atoms with E-state index in [1.165, 1.54) is 16.4 Å². The van der Waals surface area contributed by atoms with Crippen LogP contribution in [0, 0.1) is 17.0 Å². The lowest BCUT2D eigenvalue weighted by Crippen LogP contribution is -2.49. The third kappa shape index (κ3) is 3.91. The minimum absolute atomic E-state index is 0.0207. The highest BCUT2D eigenvalue weighted by Gasteiger charge is 2.33. The van der Waals surface area contributed by atoms with Gasteiger partial charge in [-0.05, 0) is 19.4 Å². The number of nitrogens with zero attached hydrogens (tertiary/aromatic N) is 5. The molecule has 1 aliphatic heterocycles. The van der Waals surface area contributed by atoms with Crippen molar-refractivity contribution in [3.63, 3.8) is 0 Å². The number of nitro benzene ring substituents is 1. The van der Waals surface area contributed by atoms with Crippen LogP contribution in [-0.2, 0) is 16.4 Å². The summed E-state index contributed by atoms with van der Waals surface area (Å²) in [5.41, 5.74) is 0.249. The van der Waals surface area contributed by atoms with Crippen LogP contribution in [0.3, 0.4) is 0 Å². The van der Waals surface area contributed by atoms with Crippen LogP contribution in [0.25, 0.3) is 0 Å². The van der Waals surface area contributed by atoms with Crippen molar-refractivity contribution in [3.05, 3.63) is 45.6 Å². The summed E-state index contributed by atoms with van der Waals surface area (Å²) < 4.78 is 32.7.